The molecule has 1 aromatic carbocycles. The number of hydrogen-bond donors (Lipinski definition) is 1. The number of nitrogens with one attached hydrogen (secondary N) is 1. The van der Waals surface area contributed by atoms with Crippen LogP contribution in [0, 0.1) is 0 Å². The van der Waals surface area contributed by atoms with E-state index >= 15 is 0 Å². The van der Waals surface area contributed by atoms with Crippen molar-refractivity contribution in [3.63, 3.8) is 0 Å². The van der Waals surface area contributed by atoms with Gasteiger partial charge >= 0.3 is 0 Å². The summed E-state index contributed by atoms with van der Waals surface area (Å²) >= 11 is 12.3. The Balaban J connectivity index is 2.07. The maximum Gasteiger partial charge on any atom is 0.0637 e. The molecule has 94 valence electrons. The first-order valence-corrected chi connectivity index (χ1v) is 6.65. The molecule has 0 heterocycles. The predicted octanol–water partition coefficient (Wildman–Crippen LogP) is 3.43. The molecule has 0 aromatic heterocycles. The molecule has 1 aromatic rings. The van der Waals surface area contributed by atoms with Gasteiger partial charge in [-0.25, -0.2) is 0 Å². The first-order valence-electron chi connectivity index (χ1n) is 5.90. The third kappa shape index (κ3) is 3.85. The molecule has 0 radical (unpaired) electrons. The van der Waals surface area contributed by atoms with E-state index in [0.717, 1.165) is 18.5 Å². The molecular formula is C13H17Cl2NO. The van der Waals surface area contributed by atoms with Crippen LogP contribution in [0.1, 0.15) is 24.0 Å². The summed E-state index contributed by atoms with van der Waals surface area (Å²) < 4.78 is 5.07. The van der Waals surface area contributed by atoms with Crippen molar-refractivity contribution in [2.75, 3.05) is 13.7 Å². The zero-order valence-electron chi connectivity index (χ0n) is 9.93. The molecule has 2 rings (SSSR count). The number of hydrogen-bond acceptors (Lipinski definition) is 2. The second-order valence-electron chi connectivity index (χ2n) is 4.45. The molecule has 0 saturated heterocycles. The van der Waals surface area contributed by atoms with Crippen molar-refractivity contribution >= 4 is 23.2 Å². The third-order valence-corrected chi connectivity index (χ3v) is 3.76. The molecule has 17 heavy (non-hydrogen) atoms. The molecule has 1 aliphatic rings. The van der Waals surface area contributed by atoms with Crippen LogP contribution in [0.3, 0.4) is 0 Å². The third-order valence-electron chi connectivity index (χ3n) is 2.92. The van der Waals surface area contributed by atoms with Crippen LogP contribution in [-0.2, 0) is 17.7 Å². The van der Waals surface area contributed by atoms with E-state index in [4.69, 9.17) is 27.9 Å². The lowest BCUT2D eigenvalue weighted by Gasteiger charge is -2.10. The quantitative estimate of drug-likeness (QED) is 0.858. The maximum atomic E-state index is 6.20. The highest BCUT2D eigenvalue weighted by Gasteiger charge is 2.20. The summed E-state index contributed by atoms with van der Waals surface area (Å²) in [6, 6.07) is 4.71. The van der Waals surface area contributed by atoms with Crippen molar-refractivity contribution in [3.05, 3.63) is 33.3 Å². The smallest absolute Gasteiger partial charge is 0.0637 e. The van der Waals surface area contributed by atoms with Crippen molar-refractivity contribution in [1.29, 1.82) is 0 Å². The Morgan fingerprint density at radius 3 is 2.76 bits per heavy atom. The molecular weight excluding hydrogens is 257 g/mol. The average Bonchev–Trinajstić information content (AvgIpc) is 3.12. The van der Waals surface area contributed by atoms with Crippen molar-refractivity contribution < 1.29 is 4.74 Å². The molecule has 2 nitrogen and oxygen atoms in total. The lowest BCUT2D eigenvalue weighted by atomic mass is 10.1. The van der Waals surface area contributed by atoms with Gasteiger partial charge in [-0.2, -0.15) is 0 Å². The summed E-state index contributed by atoms with van der Waals surface area (Å²) in [6.07, 6.45) is 3.41. The second kappa shape index (κ2) is 6.05. The lowest BCUT2D eigenvalue weighted by molar-refractivity contribution is 0.202. The normalized spacial score (nSPS) is 15.2. The van der Waals surface area contributed by atoms with Crippen LogP contribution in [0.25, 0.3) is 0 Å². The molecule has 1 N–H and O–H groups in total. The highest BCUT2D eigenvalue weighted by atomic mass is 35.5. The van der Waals surface area contributed by atoms with Crippen LogP contribution in [0.5, 0.6) is 0 Å². The molecule has 0 atom stereocenters. The topological polar surface area (TPSA) is 21.3 Å². The van der Waals surface area contributed by atoms with Crippen LogP contribution in [0.15, 0.2) is 12.1 Å². The Morgan fingerprint density at radius 1 is 1.35 bits per heavy atom. The Hall–Kier alpha value is -0.280. The van der Waals surface area contributed by atoms with E-state index < -0.39 is 0 Å². The van der Waals surface area contributed by atoms with Crippen LogP contribution < -0.4 is 5.32 Å². The van der Waals surface area contributed by atoms with E-state index in [0.29, 0.717) is 22.7 Å². The fourth-order valence-corrected chi connectivity index (χ4v) is 2.18. The van der Waals surface area contributed by atoms with Crippen molar-refractivity contribution in [3.8, 4) is 0 Å². The van der Waals surface area contributed by atoms with E-state index in [9.17, 15) is 0 Å². The van der Waals surface area contributed by atoms with E-state index in [1.54, 1.807) is 7.11 Å². The van der Waals surface area contributed by atoms with E-state index in [1.807, 2.05) is 6.07 Å². The van der Waals surface area contributed by atoms with Gasteiger partial charge in [0.1, 0.15) is 0 Å². The average molecular weight is 274 g/mol. The largest absolute Gasteiger partial charge is 0.384 e. The number of benzene rings is 1. The van der Waals surface area contributed by atoms with Gasteiger partial charge in [-0.1, -0.05) is 29.3 Å². The molecule has 1 fully saturated rings. The highest BCUT2D eigenvalue weighted by Crippen LogP contribution is 2.29. The van der Waals surface area contributed by atoms with Gasteiger partial charge in [-0.15, -0.1) is 0 Å². The summed E-state index contributed by atoms with van der Waals surface area (Å²) in [4.78, 5) is 0. The lowest BCUT2D eigenvalue weighted by Crippen LogP contribution is -2.15. The Labute approximate surface area is 112 Å². The standard InChI is InChI=1S/C13H17Cl2NO/c1-17-5-4-9-6-10(8-16-11-2-3-11)13(15)12(14)7-9/h6-7,11,16H,2-5,8H2,1H3. The summed E-state index contributed by atoms with van der Waals surface area (Å²) in [5.41, 5.74) is 2.26. The summed E-state index contributed by atoms with van der Waals surface area (Å²) in [6.45, 7) is 1.50. The fourth-order valence-electron chi connectivity index (χ4n) is 1.74. The molecule has 1 aliphatic carbocycles. The van der Waals surface area contributed by atoms with E-state index in [2.05, 4.69) is 11.4 Å². The minimum absolute atomic E-state index is 0.632. The molecule has 0 amide bonds. The van der Waals surface area contributed by atoms with E-state index in [-0.39, 0.29) is 0 Å². The van der Waals surface area contributed by atoms with Crippen LogP contribution in [0.4, 0.5) is 0 Å². The van der Waals surface area contributed by atoms with Gasteiger partial charge in [0, 0.05) is 19.7 Å². The minimum Gasteiger partial charge on any atom is -0.384 e. The number of ether oxygens (including phenoxy) is 1. The van der Waals surface area contributed by atoms with Crippen molar-refractivity contribution in [1.82, 2.24) is 5.32 Å². The van der Waals surface area contributed by atoms with Gasteiger partial charge in [-0.05, 0) is 36.5 Å². The van der Waals surface area contributed by atoms with Gasteiger partial charge in [0.05, 0.1) is 16.7 Å². The molecule has 0 unspecified atom stereocenters. The van der Waals surface area contributed by atoms with Crippen molar-refractivity contribution in [2.45, 2.75) is 31.8 Å². The van der Waals surface area contributed by atoms with Crippen LogP contribution in [-0.4, -0.2) is 19.8 Å². The zero-order valence-corrected chi connectivity index (χ0v) is 11.4. The minimum atomic E-state index is 0.632. The van der Waals surface area contributed by atoms with Crippen LogP contribution >= 0.6 is 23.2 Å². The molecule has 4 heteroatoms. The summed E-state index contributed by atoms with van der Waals surface area (Å²) in [5.74, 6) is 0. The molecule has 0 bridgehead atoms. The highest BCUT2D eigenvalue weighted by molar-refractivity contribution is 6.42. The number of rotatable bonds is 6. The van der Waals surface area contributed by atoms with Crippen molar-refractivity contribution in [2.24, 2.45) is 0 Å². The van der Waals surface area contributed by atoms with E-state index in [1.165, 1.54) is 18.4 Å². The Bertz CT molecular complexity index is 391. The first-order chi connectivity index (χ1) is 8.20. The summed E-state index contributed by atoms with van der Waals surface area (Å²) in [7, 11) is 1.70. The van der Waals surface area contributed by atoms with Gasteiger partial charge < -0.3 is 10.1 Å². The zero-order chi connectivity index (χ0) is 12.3. The Kier molecular flexibility index (Phi) is 4.69. The number of halogens is 2. The SMILES string of the molecule is COCCc1cc(Cl)c(Cl)c(CNC2CC2)c1. The first kappa shape index (κ1) is 13.2. The monoisotopic (exact) mass is 273 g/mol. The van der Waals surface area contributed by atoms with Gasteiger partial charge in [0.15, 0.2) is 0 Å². The maximum absolute atomic E-state index is 6.20. The Morgan fingerprint density at radius 2 is 2.12 bits per heavy atom. The van der Waals surface area contributed by atoms with Gasteiger partial charge in [0.25, 0.3) is 0 Å². The predicted molar refractivity (Wildman–Crippen MR) is 71.9 cm³/mol. The fraction of sp³-hybridized carbons (Fsp3) is 0.538. The molecule has 0 spiro atoms. The van der Waals surface area contributed by atoms with Crippen LogP contribution in [0.2, 0.25) is 10.0 Å². The van der Waals surface area contributed by atoms with Gasteiger partial charge in [-0.3, -0.25) is 0 Å². The second-order valence-corrected chi connectivity index (χ2v) is 5.23. The number of methoxy groups -OCH3 is 1. The molecule has 1 saturated carbocycles. The van der Waals surface area contributed by atoms with Gasteiger partial charge in [0.2, 0.25) is 0 Å². The summed E-state index contributed by atoms with van der Waals surface area (Å²) in [5, 5.41) is 4.75. The molecule has 0 aliphatic heterocycles.